The Bertz CT molecular complexity index is 950. The second-order valence-electron chi connectivity index (χ2n) is 6.15. The van der Waals surface area contributed by atoms with Gasteiger partial charge in [-0.15, -0.1) is 0 Å². The average molecular weight is 348 g/mol. The molecule has 1 amide bonds. The van der Waals surface area contributed by atoms with Crippen LogP contribution >= 0.6 is 0 Å². The number of nitrogens with one attached hydrogen (secondary N) is 1. The van der Waals surface area contributed by atoms with Crippen molar-refractivity contribution in [1.29, 1.82) is 0 Å². The highest BCUT2D eigenvalue weighted by Gasteiger charge is 2.18. The molecule has 0 aliphatic carbocycles. The van der Waals surface area contributed by atoms with Crippen molar-refractivity contribution >= 4 is 5.91 Å². The molecule has 0 fully saturated rings. The SMILES string of the molecule is Cc1ccc(C[C@@H](NC(=O)c2ccc(=O)n(C)n2)c2ccccn2)cc1. The van der Waals surface area contributed by atoms with Gasteiger partial charge in [-0.1, -0.05) is 35.9 Å². The first-order valence-electron chi connectivity index (χ1n) is 8.34. The Labute approximate surface area is 151 Å². The van der Waals surface area contributed by atoms with E-state index in [1.54, 1.807) is 6.20 Å². The van der Waals surface area contributed by atoms with Gasteiger partial charge in [0.25, 0.3) is 11.5 Å². The molecule has 132 valence electrons. The Balaban J connectivity index is 1.85. The molecule has 3 rings (SSSR count). The molecule has 1 N–H and O–H groups in total. The van der Waals surface area contributed by atoms with Crippen LogP contribution in [0.3, 0.4) is 0 Å². The Kier molecular flexibility index (Phi) is 5.22. The molecule has 0 bridgehead atoms. The van der Waals surface area contributed by atoms with Gasteiger partial charge in [-0.3, -0.25) is 14.6 Å². The van der Waals surface area contributed by atoms with Crippen molar-refractivity contribution in [3.05, 3.63) is 93.7 Å². The van der Waals surface area contributed by atoms with Gasteiger partial charge in [-0.2, -0.15) is 5.10 Å². The van der Waals surface area contributed by atoms with E-state index in [1.807, 2.05) is 49.4 Å². The molecular formula is C20H20N4O2. The van der Waals surface area contributed by atoms with Crippen molar-refractivity contribution < 1.29 is 4.79 Å². The van der Waals surface area contributed by atoms with Gasteiger partial charge in [0, 0.05) is 19.3 Å². The van der Waals surface area contributed by atoms with E-state index < -0.39 is 0 Å². The smallest absolute Gasteiger partial charge is 0.272 e. The quantitative estimate of drug-likeness (QED) is 0.767. The summed E-state index contributed by atoms with van der Waals surface area (Å²) in [4.78, 5) is 28.5. The van der Waals surface area contributed by atoms with Crippen LogP contribution in [-0.2, 0) is 13.5 Å². The van der Waals surface area contributed by atoms with E-state index in [1.165, 1.54) is 24.7 Å². The van der Waals surface area contributed by atoms with Gasteiger partial charge in [0.05, 0.1) is 11.7 Å². The monoisotopic (exact) mass is 348 g/mol. The molecule has 0 radical (unpaired) electrons. The van der Waals surface area contributed by atoms with E-state index >= 15 is 0 Å². The van der Waals surface area contributed by atoms with Gasteiger partial charge < -0.3 is 5.32 Å². The third kappa shape index (κ3) is 4.22. The summed E-state index contributed by atoms with van der Waals surface area (Å²) in [6, 6.07) is 16.2. The number of pyridine rings is 1. The van der Waals surface area contributed by atoms with Gasteiger partial charge in [0.2, 0.25) is 0 Å². The maximum atomic E-state index is 12.6. The highest BCUT2D eigenvalue weighted by molar-refractivity contribution is 5.92. The highest BCUT2D eigenvalue weighted by Crippen LogP contribution is 2.17. The van der Waals surface area contributed by atoms with Gasteiger partial charge in [0.15, 0.2) is 0 Å². The molecule has 0 unspecified atom stereocenters. The molecule has 0 aliphatic rings. The number of carbonyl (C=O) groups excluding carboxylic acids is 1. The lowest BCUT2D eigenvalue weighted by atomic mass is 10.0. The summed E-state index contributed by atoms with van der Waals surface area (Å²) in [7, 11) is 1.52. The molecule has 0 aliphatic heterocycles. The third-order valence-electron chi connectivity index (χ3n) is 4.10. The molecule has 6 nitrogen and oxygen atoms in total. The van der Waals surface area contributed by atoms with Crippen molar-refractivity contribution in [2.24, 2.45) is 7.05 Å². The van der Waals surface area contributed by atoms with Crippen LogP contribution in [0, 0.1) is 6.92 Å². The molecule has 2 heterocycles. The Morgan fingerprint density at radius 1 is 1.12 bits per heavy atom. The molecule has 26 heavy (non-hydrogen) atoms. The molecule has 0 spiro atoms. The van der Waals surface area contributed by atoms with Crippen LogP contribution in [0.1, 0.15) is 33.4 Å². The normalized spacial score (nSPS) is 11.8. The number of carbonyl (C=O) groups is 1. The molecular weight excluding hydrogens is 328 g/mol. The van der Waals surface area contributed by atoms with E-state index in [-0.39, 0.29) is 23.2 Å². The van der Waals surface area contributed by atoms with Crippen molar-refractivity contribution in [1.82, 2.24) is 20.1 Å². The zero-order chi connectivity index (χ0) is 18.5. The number of amides is 1. The Hall–Kier alpha value is -3.28. The van der Waals surface area contributed by atoms with Gasteiger partial charge in [-0.25, -0.2) is 4.68 Å². The fourth-order valence-electron chi connectivity index (χ4n) is 2.63. The molecule has 0 saturated heterocycles. The van der Waals surface area contributed by atoms with Gasteiger partial charge in [-0.05, 0) is 37.1 Å². The average Bonchev–Trinajstić information content (AvgIpc) is 2.66. The van der Waals surface area contributed by atoms with Crippen molar-refractivity contribution in [3.63, 3.8) is 0 Å². The first-order chi connectivity index (χ1) is 12.5. The maximum Gasteiger partial charge on any atom is 0.272 e. The second-order valence-corrected chi connectivity index (χ2v) is 6.15. The van der Waals surface area contributed by atoms with E-state index in [0.29, 0.717) is 6.42 Å². The molecule has 2 aromatic heterocycles. The highest BCUT2D eigenvalue weighted by atomic mass is 16.2. The van der Waals surface area contributed by atoms with Crippen LogP contribution in [0.15, 0.2) is 65.6 Å². The minimum absolute atomic E-state index is 0.192. The topological polar surface area (TPSA) is 76.9 Å². The van der Waals surface area contributed by atoms with E-state index in [9.17, 15) is 9.59 Å². The van der Waals surface area contributed by atoms with Crippen molar-refractivity contribution in [3.8, 4) is 0 Å². The molecule has 1 atom stereocenters. The fraction of sp³-hybridized carbons (Fsp3) is 0.200. The number of hydrogen-bond donors (Lipinski definition) is 1. The Morgan fingerprint density at radius 2 is 1.88 bits per heavy atom. The van der Waals surface area contributed by atoms with E-state index in [4.69, 9.17) is 0 Å². The van der Waals surface area contributed by atoms with Crippen LogP contribution < -0.4 is 10.9 Å². The van der Waals surface area contributed by atoms with E-state index in [2.05, 4.69) is 15.4 Å². The zero-order valence-electron chi connectivity index (χ0n) is 14.7. The van der Waals surface area contributed by atoms with E-state index in [0.717, 1.165) is 15.9 Å². The lowest BCUT2D eigenvalue weighted by Crippen LogP contribution is -2.33. The number of benzene rings is 1. The summed E-state index contributed by atoms with van der Waals surface area (Å²) in [6.45, 7) is 2.03. The number of rotatable bonds is 5. The van der Waals surface area contributed by atoms with Crippen LogP contribution in [-0.4, -0.2) is 20.7 Å². The van der Waals surface area contributed by atoms with Crippen LogP contribution in [0.25, 0.3) is 0 Å². The summed E-state index contributed by atoms with van der Waals surface area (Å²) >= 11 is 0. The lowest BCUT2D eigenvalue weighted by molar-refractivity contribution is 0.0928. The molecule has 3 aromatic rings. The number of aromatic nitrogens is 3. The van der Waals surface area contributed by atoms with Crippen molar-refractivity contribution in [2.75, 3.05) is 0 Å². The van der Waals surface area contributed by atoms with Gasteiger partial charge in [0.1, 0.15) is 5.69 Å². The largest absolute Gasteiger partial charge is 0.342 e. The summed E-state index contributed by atoms with van der Waals surface area (Å²) in [5, 5.41) is 6.99. The molecule has 1 aromatic carbocycles. The number of nitrogens with zero attached hydrogens (tertiary/aromatic N) is 3. The first-order valence-corrected chi connectivity index (χ1v) is 8.34. The minimum atomic E-state index is -0.344. The first kappa shape index (κ1) is 17.5. The second kappa shape index (κ2) is 7.74. The lowest BCUT2D eigenvalue weighted by Gasteiger charge is -2.18. The summed E-state index contributed by atoms with van der Waals surface area (Å²) in [5.41, 5.74) is 2.98. The van der Waals surface area contributed by atoms with Crippen molar-refractivity contribution in [2.45, 2.75) is 19.4 Å². The summed E-state index contributed by atoms with van der Waals surface area (Å²) in [5.74, 6) is -0.344. The fourth-order valence-corrected chi connectivity index (χ4v) is 2.63. The van der Waals surface area contributed by atoms with Gasteiger partial charge >= 0.3 is 0 Å². The van der Waals surface area contributed by atoms with Crippen LogP contribution in [0.5, 0.6) is 0 Å². The molecule has 6 heteroatoms. The van der Waals surface area contributed by atoms with Crippen LogP contribution in [0.4, 0.5) is 0 Å². The standard InChI is InChI=1S/C20H20N4O2/c1-14-6-8-15(9-7-14)13-18(16-5-3-4-12-21-16)22-20(26)17-10-11-19(25)24(2)23-17/h3-12,18H,13H2,1-2H3,(H,22,26)/t18-/m1/s1. The van der Waals surface area contributed by atoms with Crippen LogP contribution in [0.2, 0.25) is 0 Å². The maximum absolute atomic E-state index is 12.6. The summed E-state index contributed by atoms with van der Waals surface area (Å²) < 4.78 is 1.14. The Morgan fingerprint density at radius 3 is 2.54 bits per heavy atom. The predicted octanol–water partition coefficient (Wildman–Crippen LogP) is 2.20. The number of hydrogen-bond acceptors (Lipinski definition) is 4. The minimum Gasteiger partial charge on any atom is -0.342 e. The summed E-state index contributed by atoms with van der Waals surface area (Å²) in [6.07, 6.45) is 2.31. The molecule has 0 saturated carbocycles. The zero-order valence-corrected chi connectivity index (χ0v) is 14.7. The third-order valence-corrected chi connectivity index (χ3v) is 4.10. The number of aryl methyl sites for hydroxylation is 2. The predicted molar refractivity (Wildman–Crippen MR) is 98.8 cm³/mol.